The first-order chi connectivity index (χ1) is 5.88. The third-order valence-electron chi connectivity index (χ3n) is 1.27. The van der Waals surface area contributed by atoms with E-state index in [2.05, 4.69) is 21.9 Å². The Balaban J connectivity index is 2.39. The van der Waals surface area contributed by atoms with Crippen LogP contribution < -0.4 is 11.3 Å². The molecule has 1 aromatic rings. The lowest BCUT2D eigenvalue weighted by molar-refractivity contribution is 0.119. The van der Waals surface area contributed by atoms with E-state index < -0.39 is 0 Å². The van der Waals surface area contributed by atoms with Crippen LogP contribution in [0.15, 0.2) is 0 Å². The van der Waals surface area contributed by atoms with Gasteiger partial charge in [-0.15, -0.1) is 5.10 Å². The Morgan fingerprint density at radius 2 is 2.50 bits per heavy atom. The number of nitrogens with one attached hydrogen (secondary N) is 1. The standard InChI is InChI=1S/C6H12N4OS/c1-2-3-11-4-5-6(8-7)12-10-9-5/h8H,2-4,7H2,1H3. The second-order valence-corrected chi connectivity index (χ2v) is 3.00. The molecule has 0 amide bonds. The van der Waals surface area contributed by atoms with Crippen molar-refractivity contribution in [2.75, 3.05) is 12.0 Å². The molecule has 0 fully saturated rings. The summed E-state index contributed by atoms with van der Waals surface area (Å²) >= 11 is 1.23. The van der Waals surface area contributed by atoms with E-state index in [1.807, 2.05) is 0 Å². The Hall–Kier alpha value is -0.720. The number of anilines is 1. The summed E-state index contributed by atoms with van der Waals surface area (Å²) in [6.07, 6.45) is 1.00. The number of hydrogen-bond donors (Lipinski definition) is 2. The maximum absolute atomic E-state index is 5.28. The molecule has 3 N–H and O–H groups in total. The van der Waals surface area contributed by atoms with Crippen LogP contribution in [0.1, 0.15) is 19.0 Å². The molecule has 6 heteroatoms. The fourth-order valence-corrected chi connectivity index (χ4v) is 1.20. The molecule has 5 nitrogen and oxygen atoms in total. The lowest BCUT2D eigenvalue weighted by atomic mass is 10.5. The SMILES string of the molecule is CCCOCc1nnsc1NN. The summed E-state index contributed by atoms with van der Waals surface area (Å²) < 4.78 is 9.02. The van der Waals surface area contributed by atoms with Gasteiger partial charge in [-0.2, -0.15) is 0 Å². The second kappa shape index (κ2) is 5.02. The van der Waals surface area contributed by atoms with E-state index in [9.17, 15) is 0 Å². The van der Waals surface area contributed by atoms with E-state index in [0.717, 1.165) is 23.7 Å². The summed E-state index contributed by atoms with van der Waals surface area (Å²) in [7, 11) is 0. The quantitative estimate of drug-likeness (QED) is 0.405. The van der Waals surface area contributed by atoms with Gasteiger partial charge in [0.2, 0.25) is 0 Å². The normalized spacial score (nSPS) is 10.2. The molecule has 0 aliphatic carbocycles. The maximum atomic E-state index is 5.28. The summed E-state index contributed by atoms with van der Waals surface area (Å²) in [5.41, 5.74) is 3.29. The molecule has 0 radical (unpaired) electrons. The minimum atomic E-state index is 0.476. The van der Waals surface area contributed by atoms with Crippen LogP contribution in [0.2, 0.25) is 0 Å². The molecule has 0 atom stereocenters. The van der Waals surface area contributed by atoms with Crippen molar-refractivity contribution in [2.45, 2.75) is 20.0 Å². The van der Waals surface area contributed by atoms with Gasteiger partial charge in [-0.05, 0) is 6.42 Å². The van der Waals surface area contributed by atoms with Gasteiger partial charge in [-0.1, -0.05) is 11.4 Å². The number of nitrogen functional groups attached to an aromatic ring is 1. The van der Waals surface area contributed by atoms with Crippen molar-refractivity contribution in [3.05, 3.63) is 5.69 Å². The molecular formula is C6H12N4OS. The molecule has 0 bridgehead atoms. The van der Waals surface area contributed by atoms with E-state index in [0.29, 0.717) is 6.61 Å². The fourth-order valence-electron chi connectivity index (χ4n) is 0.726. The van der Waals surface area contributed by atoms with Crippen LogP contribution >= 0.6 is 11.5 Å². The summed E-state index contributed by atoms with van der Waals surface area (Å²) in [6, 6.07) is 0. The highest BCUT2D eigenvalue weighted by Gasteiger charge is 2.05. The maximum Gasteiger partial charge on any atom is 0.149 e. The van der Waals surface area contributed by atoms with Crippen molar-refractivity contribution in [1.29, 1.82) is 0 Å². The first-order valence-electron chi connectivity index (χ1n) is 3.74. The van der Waals surface area contributed by atoms with Crippen molar-refractivity contribution >= 4 is 16.5 Å². The van der Waals surface area contributed by atoms with Gasteiger partial charge in [-0.25, -0.2) is 5.84 Å². The number of nitrogens with zero attached hydrogens (tertiary/aromatic N) is 2. The molecule has 0 aliphatic heterocycles. The minimum Gasteiger partial charge on any atom is -0.375 e. The first-order valence-corrected chi connectivity index (χ1v) is 4.51. The highest BCUT2D eigenvalue weighted by molar-refractivity contribution is 7.10. The van der Waals surface area contributed by atoms with E-state index in [-0.39, 0.29) is 0 Å². The first kappa shape index (κ1) is 9.37. The zero-order valence-corrected chi connectivity index (χ0v) is 7.73. The average Bonchev–Trinajstić information content (AvgIpc) is 2.52. The van der Waals surface area contributed by atoms with Gasteiger partial charge < -0.3 is 10.2 Å². The summed E-state index contributed by atoms with van der Waals surface area (Å²) in [5, 5.41) is 4.63. The summed E-state index contributed by atoms with van der Waals surface area (Å²) in [4.78, 5) is 0. The van der Waals surface area contributed by atoms with Crippen molar-refractivity contribution in [2.24, 2.45) is 5.84 Å². The van der Waals surface area contributed by atoms with Crippen molar-refractivity contribution < 1.29 is 4.74 Å². The van der Waals surface area contributed by atoms with Gasteiger partial charge in [0.05, 0.1) is 6.61 Å². The average molecular weight is 188 g/mol. The van der Waals surface area contributed by atoms with E-state index >= 15 is 0 Å². The molecule has 0 saturated carbocycles. The fraction of sp³-hybridized carbons (Fsp3) is 0.667. The molecule has 0 spiro atoms. The summed E-state index contributed by atoms with van der Waals surface area (Å²) in [5.74, 6) is 5.22. The van der Waals surface area contributed by atoms with Crippen LogP contribution in [0, 0.1) is 0 Å². The predicted octanol–water partition coefficient (Wildman–Crippen LogP) is 0.750. The van der Waals surface area contributed by atoms with E-state index in [1.54, 1.807) is 0 Å². The van der Waals surface area contributed by atoms with Crippen LogP contribution in [0.3, 0.4) is 0 Å². The number of ether oxygens (including phenoxy) is 1. The van der Waals surface area contributed by atoms with Crippen molar-refractivity contribution in [3.8, 4) is 0 Å². The molecular weight excluding hydrogens is 176 g/mol. The molecule has 0 saturated heterocycles. The van der Waals surface area contributed by atoms with Gasteiger partial charge in [0.15, 0.2) is 0 Å². The third-order valence-corrected chi connectivity index (χ3v) is 1.97. The van der Waals surface area contributed by atoms with Crippen LogP contribution in [0.5, 0.6) is 0 Å². The minimum absolute atomic E-state index is 0.476. The number of hydrogen-bond acceptors (Lipinski definition) is 6. The smallest absolute Gasteiger partial charge is 0.149 e. The molecule has 1 aromatic heterocycles. The number of aromatic nitrogens is 2. The lowest BCUT2D eigenvalue weighted by Crippen LogP contribution is -2.08. The Morgan fingerprint density at radius 3 is 3.17 bits per heavy atom. The van der Waals surface area contributed by atoms with Crippen LogP contribution in [0.25, 0.3) is 0 Å². The lowest BCUT2D eigenvalue weighted by Gasteiger charge is -2.00. The Morgan fingerprint density at radius 1 is 1.67 bits per heavy atom. The summed E-state index contributed by atoms with van der Waals surface area (Å²) in [6.45, 7) is 3.27. The Labute approximate surface area is 75.1 Å². The second-order valence-electron chi connectivity index (χ2n) is 2.25. The Bertz CT molecular complexity index is 227. The van der Waals surface area contributed by atoms with Crippen LogP contribution in [-0.4, -0.2) is 16.2 Å². The third kappa shape index (κ3) is 2.40. The van der Waals surface area contributed by atoms with Gasteiger partial charge in [0.1, 0.15) is 10.7 Å². The molecule has 0 aromatic carbocycles. The zero-order chi connectivity index (χ0) is 8.81. The van der Waals surface area contributed by atoms with E-state index in [1.165, 1.54) is 11.5 Å². The van der Waals surface area contributed by atoms with Gasteiger partial charge in [-0.3, -0.25) is 0 Å². The molecule has 12 heavy (non-hydrogen) atoms. The Kier molecular flexibility index (Phi) is 3.92. The molecule has 0 unspecified atom stereocenters. The molecule has 1 rings (SSSR count). The van der Waals surface area contributed by atoms with Gasteiger partial charge >= 0.3 is 0 Å². The van der Waals surface area contributed by atoms with Crippen LogP contribution in [-0.2, 0) is 11.3 Å². The number of hydrazine groups is 1. The van der Waals surface area contributed by atoms with Gasteiger partial charge in [0, 0.05) is 18.1 Å². The highest BCUT2D eigenvalue weighted by atomic mass is 32.1. The van der Waals surface area contributed by atoms with Crippen molar-refractivity contribution in [1.82, 2.24) is 9.59 Å². The zero-order valence-electron chi connectivity index (χ0n) is 6.91. The van der Waals surface area contributed by atoms with Crippen LogP contribution in [0.4, 0.5) is 5.00 Å². The number of rotatable bonds is 5. The van der Waals surface area contributed by atoms with Crippen molar-refractivity contribution in [3.63, 3.8) is 0 Å². The predicted molar refractivity (Wildman–Crippen MR) is 47.7 cm³/mol. The highest BCUT2D eigenvalue weighted by Crippen LogP contribution is 2.16. The molecule has 68 valence electrons. The molecule has 1 heterocycles. The molecule has 0 aliphatic rings. The van der Waals surface area contributed by atoms with Gasteiger partial charge in [0.25, 0.3) is 0 Å². The van der Waals surface area contributed by atoms with E-state index in [4.69, 9.17) is 10.6 Å². The monoisotopic (exact) mass is 188 g/mol. The number of nitrogens with two attached hydrogens (primary N) is 1. The topological polar surface area (TPSA) is 73.1 Å². The largest absolute Gasteiger partial charge is 0.375 e.